The van der Waals surface area contributed by atoms with Gasteiger partial charge in [-0.1, -0.05) is 0 Å². The van der Waals surface area contributed by atoms with E-state index in [2.05, 4.69) is 21.0 Å². The van der Waals surface area contributed by atoms with Gasteiger partial charge < -0.3 is 0 Å². The largest absolute Gasteiger partial charge is 0.281 e. The summed E-state index contributed by atoms with van der Waals surface area (Å²) in [5.41, 5.74) is 0.402. The molecule has 3 nitrogen and oxygen atoms in total. The summed E-state index contributed by atoms with van der Waals surface area (Å²) >= 11 is 2.67. The Balaban J connectivity index is 3.34. The Kier molecular flexibility index (Phi) is 2.08. The highest BCUT2D eigenvalue weighted by molar-refractivity contribution is 9.18. The number of hydrogen-bond donors (Lipinski definition) is 0. The topological polar surface area (TPSA) is 34.9 Å². The predicted octanol–water partition coefficient (Wildman–Crippen LogP) is 1.40. The van der Waals surface area contributed by atoms with Crippen LogP contribution in [0.5, 0.6) is 0 Å². The lowest BCUT2D eigenvalue weighted by Gasteiger charge is -1.88. The number of aromatic nitrogens is 2. The fraction of sp³-hybridized carbons (Fsp3) is 0.333. The van der Waals surface area contributed by atoms with Crippen LogP contribution in [-0.4, -0.2) is 14.5 Å². The Morgan fingerprint density at radius 1 is 1.73 bits per heavy atom. The molecule has 0 atom stereocenters. The molecule has 1 rings (SSSR count). The molecule has 0 bridgehead atoms. The van der Waals surface area contributed by atoms with Crippen LogP contribution >= 0.6 is 15.9 Å². The Hall–Kier alpha value is -0.710. The van der Waals surface area contributed by atoms with Crippen LogP contribution in [0, 0.1) is 12.9 Å². The minimum atomic E-state index is -0.607. The molecule has 0 N–H and O–H groups in total. The standard InChI is InChI=1S/C6H6BrFN2O/c1-3-4(5(7)11)6(8)10(2)9-3/h1-2H3. The normalized spacial score (nSPS) is 10.2. The van der Waals surface area contributed by atoms with E-state index in [9.17, 15) is 9.18 Å². The molecule has 0 unspecified atom stereocenters. The molecule has 0 aliphatic rings. The van der Waals surface area contributed by atoms with Gasteiger partial charge >= 0.3 is 0 Å². The minimum absolute atomic E-state index is 0.00694. The highest BCUT2D eigenvalue weighted by Crippen LogP contribution is 2.14. The van der Waals surface area contributed by atoms with Crippen molar-refractivity contribution in [1.82, 2.24) is 9.78 Å². The van der Waals surface area contributed by atoms with Crippen molar-refractivity contribution in [3.63, 3.8) is 0 Å². The second kappa shape index (κ2) is 2.73. The predicted molar refractivity (Wildman–Crippen MR) is 41.2 cm³/mol. The van der Waals surface area contributed by atoms with Crippen LogP contribution in [0.3, 0.4) is 0 Å². The zero-order chi connectivity index (χ0) is 8.59. The van der Waals surface area contributed by atoms with Crippen molar-refractivity contribution < 1.29 is 9.18 Å². The summed E-state index contributed by atoms with van der Waals surface area (Å²) < 4.78 is 13.5. The molecule has 0 aliphatic carbocycles. The number of hydrogen-bond acceptors (Lipinski definition) is 2. The Morgan fingerprint density at radius 2 is 2.27 bits per heavy atom. The van der Waals surface area contributed by atoms with Gasteiger partial charge in [-0.2, -0.15) is 9.49 Å². The number of carbonyl (C=O) groups excluding carboxylic acids is 1. The first-order valence-electron chi connectivity index (χ1n) is 2.93. The lowest BCUT2D eigenvalue weighted by Crippen LogP contribution is -1.97. The van der Waals surface area contributed by atoms with E-state index in [0.717, 1.165) is 4.68 Å². The zero-order valence-corrected chi connectivity index (χ0v) is 7.64. The maximum Gasteiger partial charge on any atom is 0.234 e. The first-order chi connectivity index (χ1) is 5.04. The highest BCUT2D eigenvalue weighted by atomic mass is 79.9. The van der Waals surface area contributed by atoms with Crippen LogP contribution in [0.25, 0.3) is 0 Å². The van der Waals surface area contributed by atoms with Gasteiger partial charge in [-0.3, -0.25) is 4.79 Å². The van der Waals surface area contributed by atoms with Crippen LogP contribution in [0.4, 0.5) is 4.39 Å². The average Bonchev–Trinajstić information content (AvgIpc) is 2.07. The number of nitrogens with zero attached hydrogens (tertiary/aromatic N) is 2. The van der Waals surface area contributed by atoms with Crippen LogP contribution in [0.15, 0.2) is 0 Å². The van der Waals surface area contributed by atoms with Crippen molar-refractivity contribution in [3.05, 3.63) is 17.2 Å². The summed E-state index contributed by atoms with van der Waals surface area (Å²) in [5, 5.41) is 3.72. The van der Waals surface area contributed by atoms with Gasteiger partial charge in [0.25, 0.3) is 0 Å². The summed E-state index contributed by atoms with van der Waals surface area (Å²) in [4.78, 5) is 10.7. The summed E-state index contributed by atoms with van der Waals surface area (Å²) in [6, 6.07) is 0. The van der Waals surface area contributed by atoms with Gasteiger partial charge in [-0.25, -0.2) is 4.68 Å². The van der Waals surface area contributed by atoms with Crippen molar-refractivity contribution in [3.8, 4) is 0 Å². The van der Waals surface area contributed by atoms with E-state index in [0.29, 0.717) is 5.69 Å². The SMILES string of the molecule is Cc1nn(C)c(F)c1C(=O)Br. The molecule has 11 heavy (non-hydrogen) atoms. The molecule has 5 heteroatoms. The molecule has 1 heterocycles. The van der Waals surface area contributed by atoms with Crippen LogP contribution in [0.1, 0.15) is 16.1 Å². The molecule has 0 radical (unpaired) electrons. The Labute approximate surface area is 71.3 Å². The van der Waals surface area contributed by atoms with Gasteiger partial charge in [0, 0.05) is 7.05 Å². The summed E-state index contributed by atoms with van der Waals surface area (Å²) in [5.74, 6) is -0.607. The maximum atomic E-state index is 12.9. The quantitative estimate of drug-likeness (QED) is 0.672. The van der Waals surface area contributed by atoms with E-state index in [4.69, 9.17) is 0 Å². The maximum absolute atomic E-state index is 12.9. The molecule has 0 aromatic carbocycles. The lowest BCUT2D eigenvalue weighted by molar-refractivity contribution is 0.109. The highest BCUT2D eigenvalue weighted by Gasteiger charge is 2.17. The summed E-state index contributed by atoms with van der Waals surface area (Å²) in [7, 11) is 1.45. The van der Waals surface area contributed by atoms with E-state index >= 15 is 0 Å². The molecule has 0 spiro atoms. The molecule has 1 aromatic rings. The smallest absolute Gasteiger partial charge is 0.234 e. The van der Waals surface area contributed by atoms with Gasteiger partial charge in [0.15, 0.2) is 0 Å². The Morgan fingerprint density at radius 3 is 2.45 bits per heavy atom. The van der Waals surface area contributed by atoms with Gasteiger partial charge in [-0.05, 0) is 22.9 Å². The van der Waals surface area contributed by atoms with E-state index < -0.39 is 10.6 Å². The van der Waals surface area contributed by atoms with Crippen molar-refractivity contribution in [1.29, 1.82) is 0 Å². The molecule has 60 valence electrons. The molecular weight excluding hydrogens is 215 g/mol. The lowest BCUT2D eigenvalue weighted by atomic mass is 10.3. The fourth-order valence-corrected chi connectivity index (χ4v) is 1.30. The van der Waals surface area contributed by atoms with E-state index in [1.165, 1.54) is 7.05 Å². The third-order valence-electron chi connectivity index (χ3n) is 1.35. The minimum Gasteiger partial charge on any atom is -0.281 e. The second-order valence-electron chi connectivity index (χ2n) is 2.15. The summed E-state index contributed by atoms with van der Waals surface area (Å²) in [6.45, 7) is 1.58. The van der Waals surface area contributed by atoms with Crippen molar-refractivity contribution >= 4 is 20.6 Å². The third kappa shape index (κ3) is 1.33. The molecule has 1 aromatic heterocycles. The van der Waals surface area contributed by atoms with Gasteiger partial charge in [0.1, 0.15) is 5.56 Å². The number of rotatable bonds is 1. The molecule has 0 aliphatic heterocycles. The molecule has 0 fully saturated rings. The zero-order valence-electron chi connectivity index (χ0n) is 6.06. The van der Waals surface area contributed by atoms with Crippen molar-refractivity contribution in [2.45, 2.75) is 6.92 Å². The molecule has 0 saturated carbocycles. The number of halogens is 2. The van der Waals surface area contributed by atoms with Crippen LogP contribution in [0.2, 0.25) is 0 Å². The van der Waals surface area contributed by atoms with Crippen molar-refractivity contribution in [2.24, 2.45) is 7.05 Å². The molecule has 0 saturated heterocycles. The van der Waals surface area contributed by atoms with Gasteiger partial charge in [0.2, 0.25) is 10.6 Å². The average molecular weight is 221 g/mol. The first-order valence-corrected chi connectivity index (χ1v) is 3.72. The van der Waals surface area contributed by atoms with E-state index in [1.54, 1.807) is 6.92 Å². The first kappa shape index (κ1) is 8.39. The van der Waals surface area contributed by atoms with Crippen molar-refractivity contribution in [2.75, 3.05) is 0 Å². The Bertz CT molecular complexity index is 308. The fourth-order valence-electron chi connectivity index (χ4n) is 0.853. The van der Waals surface area contributed by atoms with Gasteiger partial charge in [-0.15, -0.1) is 0 Å². The summed E-state index contributed by atoms with van der Waals surface area (Å²) in [6.07, 6.45) is 0. The number of aryl methyl sites for hydroxylation is 2. The molecular formula is C6H6BrFN2O. The van der Waals surface area contributed by atoms with E-state index in [-0.39, 0.29) is 5.56 Å². The second-order valence-corrected chi connectivity index (χ2v) is 2.87. The van der Waals surface area contributed by atoms with E-state index in [1.807, 2.05) is 0 Å². The van der Waals surface area contributed by atoms with Crippen LogP contribution in [-0.2, 0) is 7.05 Å². The van der Waals surface area contributed by atoms with Crippen LogP contribution < -0.4 is 0 Å². The number of carbonyl (C=O) groups is 1. The monoisotopic (exact) mass is 220 g/mol. The van der Waals surface area contributed by atoms with Gasteiger partial charge in [0.05, 0.1) is 5.69 Å². The molecule has 0 amide bonds. The third-order valence-corrected chi connectivity index (χ3v) is 1.75.